The van der Waals surface area contributed by atoms with Gasteiger partial charge in [0.15, 0.2) is 5.78 Å². The summed E-state index contributed by atoms with van der Waals surface area (Å²) in [5, 5.41) is 0. The van der Waals surface area contributed by atoms with Crippen molar-refractivity contribution in [3.05, 3.63) is 29.6 Å². The van der Waals surface area contributed by atoms with E-state index in [1.165, 1.54) is 19.2 Å². The predicted molar refractivity (Wildman–Crippen MR) is 63.1 cm³/mol. The lowest BCUT2D eigenvalue weighted by atomic mass is 10.1. The second kappa shape index (κ2) is 6.74. The number of ether oxygens (including phenoxy) is 2. The number of ketones is 1. The molecule has 0 fully saturated rings. The van der Waals surface area contributed by atoms with Gasteiger partial charge in [0.1, 0.15) is 11.6 Å². The number of halogens is 1. The first-order chi connectivity index (χ1) is 8.58. The average Bonchev–Trinajstić information content (AvgIpc) is 2.37. The van der Waals surface area contributed by atoms with Crippen molar-refractivity contribution in [2.75, 3.05) is 13.7 Å². The Balaban J connectivity index is 2.82. The van der Waals surface area contributed by atoms with Crippen molar-refractivity contribution in [3.8, 4) is 5.75 Å². The maximum absolute atomic E-state index is 13.1. The Morgan fingerprint density at radius 2 is 2.00 bits per heavy atom. The van der Waals surface area contributed by atoms with Crippen LogP contribution in [0.2, 0.25) is 0 Å². The summed E-state index contributed by atoms with van der Waals surface area (Å²) in [7, 11) is 1.25. The molecule has 0 radical (unpaired) electrons. The van der Waals surface area contributed by atoms with Gasteiger partial charge in [0.25, 0.3) is 0 Å². The number of hydrogen-bond donors (Lipinski definition) is 0. The SMILES string of the molecule is CCOc1ccc(F)cc1C(=O)CCC(=O)OC. The molecule has 5 heteroatoms. The fourth-order valence-electron chi connectivity index (χ4n) is 1.45. The summed E-state index contributed by atoms with van der Waals surface area (Å²) in [6.45, 7) is 2.15. The molecule has 4 nitrogen and oxygen atoms in total. The van der Waals surface area contributed by atoms with Crippen LogP contribution in [0.4, 0.5) is 4.39 Å². The predicted octanol–water partition coefficient (Wildman–Crippen LogP) is 2.36. The fourth-order valence-corrected chi connectivity index (χ4v) is 1.45. The minimum atomic E-state index is -0.514. The topological polar surface area (TPSA) is 52.6 Å². The number of rotatable bonds is 6. The molecule has 18 heavy (non-hydrogen) atoms. The van der Waals surface area contributed by atoms with Gasteiger partial charge < -0.3 is 9.47 Å². The highest BCUT2D eigenvalue weighted by Crippen LogP contribution is 2.22. The summed E-state index contributed by atoms with van der Waals surface area (Å²) in [5.41, 5.74) is 0.153. The Kier molecular flexibility index (Phi) is 5.30. The number of carbonyl (C=O) groups is 2. The molecule has 1 aromatic carbocycles. The van der Waals surface area contributed by atoms with E-state index in [9.17, 15) is 14.0 Å². The molecule has 0 aromatic heterocycles. The smallest absolute Gasteiger partial charge is 0.305 e. The van der Waals surface area contributed by atoms with E-state index in [1.54, 1.807) is 6.92 Å². The average molecular weight is 254 g/mol. The molecule has 98 valence electrons. The lowest BCUT2D eigenvalue weighted by Gasteiger charge is -2.09. The van der Waals surface area contributed by atoms with Crippen molar-refractivity contribution in [2.45, 2.75) is 19.8 Å². The minimum absolute atomic E-state index is 0.0303. The lowest BCUT2D eigenvalue weighted by Crippen LogP contribution is -2.08. The Bertz CT molecular complexity index is 443. The Hall–Kier alpha value is -1.91. The third-order valence-electron chi connectivity index (χ3n) is 2.33. The van der Waals surface area contributed by atoms with Crippen LogP contribution in [0.5, 0.6) is 5.75 Å². The molecule has 0 aliphatic heterocycles. The largest absolute Gasteiger partial charge is 0.493 e. The monoisotopic (exact) mass is 254 g/mol. The number of benzene rings is 1. The van der Waals surface area contributed by atoms with Gasteiger partial charge in [-0.05, 0) is 25.1 Å². The van der Waals surface area contributed by atoms with E-state index < -0.39 is 11.8 Å². The highest BCUT2D eigenvalue weighted by atomic mass is 19.1. The molecule has 0 amide bonds. The molecule has 0 bridgehead atoms. The number of Topliss-reactive ketones (excluding diaryl/α,β-unsaturated/α-hetero) is 1. The van der Waals surface area contributed by atoms with Crippen LogP contribution in [0, 0.1) is 5.82 Å². The van der Waals surface area contributed by atoms with Crippen LogP contribution in [0.1, 0.15) is 30.1 Å². The van der Waals surface area contributed by atoms with Crippen molar-refractivity contribution in [1.82, 2.24) is 0 Å². The van der Waals surface area contributed by atoms with Crippen molar-refractivity contribution >= 4 is 11.8 Å². The van der Waals surface area contributed by atoms with Gasteiger partial charge in [-0.2, -0.15) is 0 Å². The molecule has 0 heterocycles. The van der Waals surface area contributed by atoms with E-state index >= 15 is 0 Å². The van der Waals surface area contributed by atoms with Crippen LogP contribution >= 0.6 is 0 Å². The molecule has 0 unspecified atom stereocenters. The van der Waals surface area contributed by atoms with Crippen LogP contribution < -0.4 is 4.74 Å². The van der Waals surface area contributed by atoms with E-state index in [-0.39, 0.29) is 24.2 Å². The Morgan fingerprint density at radius 3 is 2.61 bits per heavy atom. The molecule has 0 saturated carbocycles. The molecule has 0 aliphatic rings. The second-order valence-electron chi connectivity index (χ2n) is 3.57. The van der Waals surface area contributed by atoms with E-state index in [1.807, 2.05) is 0 Å². The summed E-state index contributed by atoms with van der Waals surface area (Å²) in [5.74, 6) is -1.00. The van der Waals surface area contributed by atoms with E-state index in [0.29, 0.717) is 12.4 Å². The molecular weight excluding hydrogens is 239 g/mol. The van der Waals surface area contributed by atoms with Gasteiger partial charge in [-0.1, -0.05) is 0 Å². The second-order valence-corrected chi connectivity index (χ2v) is 3.57. The zero-order valence-corrected chi connectivity index (χ0v) is 10.4. The van der Waals surface area contributed by atoms with Crippen LogP contribution in [-0.4, -0.2) is 25.5 Å². The van der Waals surface area contributed by atoms with Crippen molar-refractivity contribution in [2.24, 2.45) is 0 Å². The summed E-state index contributed by atoms with van der Waals surface area (Å²) < 4.78 is 22.8. The zero-order chi connectivity index (χ0) is 13.5. The highest BCUT2D eigenvalue weighted by molar-refractivity contribution is 5.99. The minimum Gasteiger partial charge on any atom is -0.493 e. The summed E-state index contributed by atoms with van der Waals surface area (Å²) in [6, 6.07) is 3.75. The number of methoxy groups -OCH3 is 1. The summed E-state index contributed by atoms with van der Waals surface area (Å²) >= 11 is 0. The molecular formula is C13H15FO4. The van der Waals surface area contributed by atoms with Gasteiger partial charge in [0, 0.05) is 6.42 Å². The van der Waals surface area contributed by atoms with Crippen molar-refractivity contribution < 1.29 is 23.5 Å². The van der Waals surface area contributed by atoms with Crippen LogP contribution in [0.3, 0.4) is 0 Å². The zero-order valence-electron chi connectivity index (χ0n) is 10.4. The first-order valence-corrected chi connectivity index (χ1v) is 5.60. The molecule has 0 saturated heterocycles. The lowest BCUT2D eigenvalue weighted by molar-refractivity contribution is -0.140. The first-order valence-electron chi connectivity index (χ1n) is 5.60. The number of carbonyl (C=O) groups excluding carboxylic acids is 2. The van der Waals surface area contributed by atoms with Gasteiger partial charge in [-0.15, -0.1) is 0 Å². The Labute approximate surface area is 105 Å². The quantitative estimate of drug-likeness (QED) is 0.577. The number of hydrogen-bond acceptors (Lipinski definition) is 4. The summed E-state index contributed by atoms with van der Waals surface area (Å²) in [4.78, 5) is 22.8. The van der Waals surface area contributed by atoms with Crippen molar-refractivity contribution in [1.29, 1.82) is 0 Å². The normalized spacial score (nSPS) is 9.94. The molecule has 0 aliphatic carbocycles. The van der Waals surface area contributed by atoms with E-state index in [2.05, 4.69) is 4.74 Å². The van der Waals surface area contributed by atoms with E-state index in [0.717, 1.165) is 6.07 Å². The van der Waals surface area contributed by atoms with Crippen LogP contribution in [0.25, 0.3) is 0 Å². The maximum Gasteiger partial charge on any atom is 0.305 e. The fraction of sp³-hybridized carbons (Fsp3) is 0.385. The first kappa shape index (κ1) is 14.2. The van der Waals surface area contributed by atoms with Gasteiger partial charge >= 0.3 is 5.97 Å². The molecule has 0 spiro atoms. The van der Waals surface area contributed by atoms with Crippen molar-refractivity contribution in [3.63, 3.8) is 0 Å². The highest BCUT2D eigenvalue weighted by Gasteiger charge is 2.15. The molecule has 0 N–H and O–H groups in total. The third kappa shape index (κ3) is 3.84. The van der Waals surface area contributed by atoms with Gasteiger partial charge in [-0.25, -0.2) is 4.39 Å². The van der Waals surface area contributed by atoms with Gasteiger partial charge in [0.05, 0.1) is 25.7 Å². The standard InChI is InChI=1S/C13H15FO4/c1-3-18-12-6-4-9(14)8-10(12)11(15)5-7-13(16)17-2/h4,6,8H,3,5,7H2,1-2H3. The maximum atomic E-state index is 13.1. The third-order valence-corrected chi connectivity index (χ3v) is 2.33. The number of esters is 1. The summed E-state index contributed by atoms with van der Waals surface area (Å²) in [6.07, 6.45) is -0.0619. The molecule has 1 rings (SSSR count). The van der Waals surface area contributed by atoms with Gasteiger partial charge in [-0.3, -0.25) is 9.59 Å². The molecule has 0 atom stereocenters. The molecule has 1 aromatic rings. The van der Waals surface area contributed by atoms with Crippen LogP contribution in [0.15, 0.2) is 18.2 Å². The van der Waals surface area contributed by atoms with Crippen LogP contribution in [-0.2, 0) is 9.53 Å². The van der Waals surface area contributed by atoms with Gasteiger partial charge in [0.2, 0.25) is 0 Å². The van der Waals surface area contributed by atoms with E-state index in [4.69, 9.17) is 4.74 Å². The Morgan fingerprint density at radius 1 is 1.28 bits per heavy atom.